The maximum Gasteiger partial charge on any atom is 0.303 e. The van der Waals surface area contributed by atoms with Gasteiger partial charge in [0.25, 0.3) is 0 Å². The highest BCUT2D eigenvalue weighted by Gasteiger charge is 2.80. The summed E-state index contributed by atoms with van der Waals surface area (Å²) >= 11 is 5.78. The molecule has 5 rings (SSSR count). The molecule has 1 N–H and O–H groups in total. The van der Waals surface area contributed by atoms with Crippen LogP contribution in [0, 0.1) is 22.7 Å². The molecule has 1 saturated heterocycles. The van der Waals surface area contributed by atoms with Crippen LogP contribution >= 0.6 is 11.6 Å². The Morgan fingerprint density at radius 2 is 1.97 bits per heavy atom. The summed E-state index contributed by atoms with van der Waals surface area (Å²) in [5.41, 5.74) is -4.76. The molecule has 3 fully saturated rings. The van der Waals surface area contributed by atoms with E-state index in [1.54, 1.807) is 26.8 Å². The summed E-state index contributed by atoms with van der Waals surface area (Å²) in [6.07, 6.45) is 1.52. The molecule has 39 heavy (non-hydrogen) atoms. The van der Waals surface area contributed by atoms with Gasteiger partial charge in [-0.3, -0.25) is 14.4 Å². The Hall–Kier alpha value is -1.81. The molecule has 1 aliphatic heterocycles. The predicted octanol–water partition coefficient (Wildman–Crippen LogP) is 3.96. The molecule has 216 valence electrons. The molecule has 4 aliphatic carbocycles. The number of allylic oxidation sites excluding steroid dienone is 4. The zero-order chi connectivity index (χ0) is 28.6. The van der Waals surface area contributed by atoms with Crippen LogP contribution in [0.5, 0.6) is 0 Å². The normalized spacial score (nSPS) is 43.9. The Balaban J connectivity index is 1.61. The lowest BCUT2D eigenvalue weighted by Crippen LogP contribution is -2.70. The third kappa shape index (κ3) is 3.82. The molecule has 0 amide bonds. The lowest BCUT2D eigenvalue weighted by atomic mass is 9.44. The smallest absolute Gasteiger partial charge is 0.303 e. The number of aliphatic hydroxyl groups excluding tert-OH is 1. The van der Waals surface area contributed by atoms with Crippen molar-refractivity contribution in [2.45, 2.75) is 96.0 Å². The summed E-state index contributed by atoms with van der Waals surface area (Å²) < 4.78 is 41.3. The fourth-order valence-electron chi connectivity index (χ4n) is 8.75. The van der Waals surface area contributed by atoms with Gasteiger partial charge >= 0.3 is 5.97 Å². The SMILES string of the molecule is CC(=O)OCC(=O)[C@@]12OC(C)(C)O[C@@H]1CC1[C@@H]3CC(C=O)=C4C=C(OCCCl)CC[C@]4(C)C3(F)[C@@H](O)C[C@@]12C. The molecule has 8 nitrogen and oxygen atoms in total. The van der Waals surface area contributed by atoms with Gasteiger partial charge in [0, 0.05) is 30.1 Å². The van der Waals surface area contributed by atoms with Crippen molar-refractivity contribution in [2.24, 2.45) is 22.7 Å². The second-order valence-electron chi connectivity index (χ2n) is 12.6. The van der Waals surface area contributed by atoms with Crippen LogP contribution < -0.4 is 0 Å². The van der Waals surface area contributed by atoms with Crippen LogP contribution in [0.1, 0.15) is 66.7 Å². The molecule has 2 saturated carbocycles. The fourth-order valence-corrected chi connectivity index (χ4v) is 8.83. The molecule has 0 aromatic heterocycles. The highest BCUT2D eigenvalue weighted by atomic mass is 35.5. The summed E-state index contributed by atoms with van der Waals surface area (Å²) in [4.78, 5) is 37.8. The molecule has 5 aliphatic rings. The Morgan fingerprint density at radius 3 is 2.62 bits per heavy atom. The van der Waals surface area contributed by atoms with Crippen molar-refractivity contribution in [3.05, 3.63) is 23.0 Å². The first-order valence-electron chi connectivity index (χ1n) is 13.7. The van der Waals surface area contributed by atoms with Crippen LogP contribution in [-0.4, -0.2) is 71.5 Å². The maximum atomic E-state index is 17.8. The number of carbonyl (C=O) groups excluding carboxylic acids is 3. The van der Waals surface area contributed by atoms with E-state index in [4.69, 9.17) is 30.5 Å². The van der Waals surface area contributed by atoms with Crippen molar-refractivity contribution in [1.29, 1.82) is 0 Å². The zero-order valence-electron chi connectivity index (χ0n) is 23.2. The number of carbonyl (C=O) groups is 3. The number of Topliss-reactive ketones (excluding diaryl/α,β-unsaturated/α-hetero) is 1. The summed E-state index contributed by atoms with van der Waals surface area (Å²) in [5, 5.41) is 11.8. The minimum atomic E-state index is -2.07. The van der Waals surface area contributed by atoms with E-state index in [1.165, 1.54) is 6.92 Å². The molecule has 0 bridgehead atoms. The van der Waals surface area contributed by atoms with E-state index in [0.29, 0.717) is 48.7 Å². The molecular weight excluding hydrogens is 531 g/mol. The van der Waals surface area contributed by atoms with Crippen molar-refractivity contribution in [1.82, 2.24) is 0 Å². The largest absolute Gasteiger partial charge is 0.497 e. The molecule has 0 aromatic carbocycles. The van der Waals surface area contributed by atoms with Crippen molar-refractivity contribution in [2.75, 3.05) is 19.1 Å². The molecule has 8 atom stereocenters. The number of aldehydes is 1. The molecule has 0 aromatic rings. The molecule has 0 radical (unpaired) electrons. The lowest BCUT2D eigenvalue weighted by Gasteiger charge is -2.63. The topological polar surface area (TPSA) is 108 Å². The van der Waals surface area contributed by atoms with Gasteiger partial charge in [-0.15, -0.1) is 11.6 Å². The van der Waals surface area contributed by atoms with E-state index < -0.39 is 70.3 Å². The number of rotatable bonds is 7. The second kappa shape index (κ2) is 9.36. The summed E-state index contributed by atoms with van der Waals surface area (Å²) in [5.74, 6) is -2.43. The predicted molar refractivity (Wildman–Crippen MR) is 138 cm³/mol. The zero-order valence-corrected chi connectivity index (χ0v) is 23.9. The van der Waals surface area contributed by atoms with Gasteiger partial charge in [0.15, 0.2) is 18.0 Å². The van der Waals surface area contributed by atoms with E-state index in [1.807, 2.05) is 6.92 Å². The minimum Gasteiger partial charge on any atom is -0.497 e. The van der Waals surface area contributed by atoms with Crippen LogP contribution in [0.25, 0.3) is 0 Å². The maximum absolute atomic E-state index is 17.8. The van der Waals surface area contributed by atoms with Gasteiger partial charge in [-0.1, -0.05) is 13.8 Å². The van der Waals surface area contributed by atoms with Gasteiger partial charge in [0.1, 0.15) is 18.6 Å². The van der Waals surface area contributed by atoms with Crippen molar-refractivity contribution < 1.29 is 42.8 Å². The van der Waals surface area contributed by atoms with Gasteiger partial charge in [-0.05, 0) is 62.7 Å². The Labute approximate surface area is 233 Å². The number of ketones is 1. The third-order valence-corrected chi connectivity index (χ3v) is 10.4. The average Bonchev–Trinajstić information content (AvgIpc) is 3.27. The van der Waals surface area contributed by atoms with Crippen LogP contribution in [0.3, 0.4) is 0 Å². The van der Waals surface area contributed by atoms with E-state index in [0.717, 1.165) is 6.29 Å². The van der Waals surface area contributed by atoms with Crippen molar-refractivity contribution in [3.63, 3.8) is 0 Å². The van der Waals surface area contributed by atoms with E-state index in [9.17, 15) is 19.5 Å². The Bertz CT molecular complexity index is 1150. The summed E-state index contributed by atoms with van der Waals surface area (Å²) in [6, 6.07) is 0. The average molecular weight is 569 g/mol. The molecular formula is C29H38ClFO8. The number of hydrogen-bond acceptors (Lipinski definition) is 8. The highest BCUT2D eigenvalue weighted by molar-refractivity contribution is 6.18. The Kier molecular flexibility index (Phi) is 6.89. The van der Waals surface area contributed by atoms with Crippen LogP contribution in [0.15, 0.2) is 23.0 Å². The number of alkyl halides is 2. The number of aliphatic hydroxyl groups is 1. The first kappa shape index (κ1) is 28.7. The van der Waals surface area contributed by atoms with Crippen LogP contribution in [-0.2, 0) is 33.3 Å². The quantitative estimate of drug-likeness (QED) is 0.279. The first-order valence-corrected chi connectivity index (χ1v) is 14.2. The number of fused-ring (bicyclic) bond motifs is 7. The van der Waals surface area contributed by atoms with E-state index in [-0.39, 0.29) is 12.8 Å². The van der Waals surface area contributed by atoms with Crippen LogP contribution in [0.2, 0.25) is 0 Å². The third-order valence-electron chi connectivity index (χ3n) is 10.3. The van der Waals surface area contributed by atoms with Crippen LogP contribution in [0.4, 0.5) is 4.39 Å². The van der Waals surface area contributed by atoms with Crippen molar-refractivity contribution >= 4 is 29.6 Å². The van der Waals surface area contributed by atoms with Gasteiger partial charge < -0.3 is 24.1 Å². The number of ether oxygens (including phenoxy) is 4. The molecule has 0 spiro atoms. The summed E-state index contributed by atoms with van der Waals surface area (Å²) in [6.45, 7) is 8.07. The van der Waals surface area contributed by atoms with E-state index >= 15 is 4.39 Å². The number of hydrogen-bond donors (Lipinski definition) is 1. The lowest BCUT2D eigenvalue weighted by molar-refractivity contribution is -0.248. The molecule has 1 heterocycles. The molecule has 2 unspecified atom stereocenters. The van der Waals surface area contributed by atoms with Crippen molar-refractivity contribution in [3.8, 4) is 0 Å². The Morgan fingerprint density at radius 1 is 1.26 bits per heavy atom. The van der Waals surface area contributed by atoms with Gasteiger partial charge in [-0.2, -0.15) is 0 Å². The number of halogens is 2. The fraction of sp³-hybridized carbons (Fsp3) is 0.759. The van der Waals surface area contributed by atoms with Gasteiger partial charge in [-0.25, -0.2) is 4.39 Å². The van der Waals surface area contributed by atoms with Gasteiger partial charge in [0.05, 0.1) is 23.8 Å². The minimum absolute atomic E-state index is 0.0506. The molecule has 10 heteroatoms. The standard InChI is InChI=1S/C29H38ClFO8/c1-16(33)37-15-23(35)29-24(38-25(2,3)39-29)12-20-21-10-17(14-32)19-11-18(36-9-8-30)6-7-26(19,4)28(21,31)22(34)13-27(20,29)5/h11,14,20-22,24,34H,6-10,12-13,15H2,1-5H3/t20?,21-,22-,24+,26-,27-,28?,29+/m0/s1. The van der Waals surface area contributed by atoms with Gasteiger partial charge in [0.2, 0.25) is 5.78 Å². The number of esters is 1. The summed E-state index contributed by atoms with van der Waals surface area (Å²) in [7, 11) is 0. The highest BCUT2D eigenvalue weighted by Crippen LogP contribution is 2.72. The first-order chi connectivity index (χ1) is 18.2. The second-order valence-corrected chi connectivity index (χ2v) is 13.0. The van der Waals surface area contributed by atoms with E-state index in [2.05, 4.69) is 0 Å². The monoisotopic (exact) mass is 568 g/mol.